The van der Waals surface area contributed by atoms with Crippen molar-refractivity contribution in [2.24, 2.45) is 5.73 Å². The zero-order valence-corrected chi connectivity index (χ0v) is 31.8. The summed E-state index contributed by atoms with van der Waals surface area (Å²) >= 11 is 9.01. The number of para-hydroxylation sites is 1. The molecule has 0 saturated heterocycles. The summed E-state index contributed by atoms with van der Waals surface area (Å²) in [5.41, 5.74) is 10.9. The van der Waals surface area contributed by atoms with Gasteiger partial charge in [0.15, 0.2) is 0 Å². The number of nitrogens with two attached hydrogens (primary N) is 1. The first kappa shape index (κ1) is 38.4. The van der Waals surface area contributed by atoms with Gasteiger partial charge in [0.2, 0.25) is 17.7 Å². The maximum atomic E-state index is 14.5. The molecule has 0 unspecified atom stereocenters. The Morgan fingerprint density at radius 2 is 1.81 bits per heavy atom. The highest BCUT2D eigenvalue weighted by atomic mass is 35.5. The van der Waals surface area contributed by atoms with Crippen molar-refractivity contribution in [3.05, 3.63) is 107 Å². The van der Waals surface area contributed by atoms with Gasteiger partial charge in [0.1, 0.15) is 17.1 Å². The van der Waals surface area contributed by atoms with Gasteiger partial charge < -0.3 is 36.1 Å². The van der Waals surface area contributed by atoms with Crippen molar-refractivity contribution < 1.29 is 18.9 Å². The standard InChI is InChI=1S/C39H42ClN7O4S2/c1-23-36(48)46-33(10-5-17-41)39(50)47(2)34(19-26-21-44-32-9-4-3-8-29(26)32)37(49)45-22-30-28(24-11-13-27(53-51)14-12-24)15-16-31(40)35(30)52-38-25(20-43-23)7-6-18-42-38/h3-4,6-9,11-16,18,21,23,33-34,43-44,51H,5,10,17,19-20,22,41H2,1-2H3,(H,45,49)(H,46,48)/t23-,33-,34-/m0/s1. The van der Waals surface area contributed by atoms with E-state index in [1.807, 2.05) is 79.0 Å². The number of H-pyrrole nitrogens is 1. The lowest BCUT2D eigenvalue weighted by Crippen LogP contribution is -2.56. The summed E-state index contributed by atoms with van der Waals surface area (Å²) in [6.45, 7) is 2.49. The lowest BCUT2D eigenvalue weighted by molar-refractivity contribution is -0.142. The number of hydrogen-bond acceptors (Lipinski definition) is 9. The van der Waals surface area contributed by atoms with Crippen molar-refractivity contribution in [3.8, 4) is 11.1 Å². The van der Waals surface area contributed by atoms with Crippen molar-refractivity contribution in [2.75, 3.05) is 13.6 Å². The molecule has 53 heavy (non-hydrogen) atoms. The number of benzene rings is 3. The Labute approximate surface area is 322 Å². The fourth-order valence-electron chi connectivity index (χ4n) is 6.44. The molecule has 0 fully saturated rings. The molecular weight excluding hydrogens is 730 g/mol. The average molecular weight is 772 g/mol. The van der Waals surface area contributed by atoms with Crippen LogP contribution in [0.15, 0.2) is 100 Å². The van der Waals surface area contributed by atoms with E-state index in [4.69, 9.17) is 17.3 Å². The average Bonchev–Trinajstić information content (AvgIpc) is 3.59. The van der Waals surface area contributed by atoms with E-state index in [1.54, 1.807) is 20.2 Å². The van der Waals surface area contributed by atoms with E-state index in [-0.39, 0.29) is 30.7 Å². The number of aromatic amines is 1. The zero-order chi connectivity index (χ0) is 37.5. The van der Waals surface area contributed by atoms with Gasteiger partial charge in [-0.05, 0) is 84.5 Å². The van der Waals surface area contributed by atoms with E-state index in [2.05, 4.69) is 25.9 Å². The molecule has 0 bridgehead atoms. The Kier molecular flexibility index (Phi) is 12.8. The van der Waals surface area contributed by atoms with Crippen molar-refractivity contribution in [3.63, 3.8) is 0 Å². The van der Waals surface area contributed by atoms with Crippen molar-refractivity contribution in [1.29, 1.82) is 0 Å². The number of carbonyl (C=O) groups is 3. The molecule has 0 radical (unpaired) electrons. The van der Waals surface area contributed by atoms with Crippen LogP contribution in [0.4, 0.5) is 0 Å². The molecule has 3 atom stereocenters. The van der Waals surface area contributed by atoms with E-state index in [0.29, 0.717) is 57.8 Å². The van der Waals surface area contributed by atoms with Gasteiger partial charge in [0.25, 0.3) is 0 Å². The van der Waals surface area contributed by atoms with Crippen LogP contribution in [-0.2, 0) is 33.9 Å². The van der Waals surface area contributed by atoms with Crippen molar-refractivity contribution in [2.45, 2.75) is 72.2 Å². The van der Waals surface area contributed by atoms with Gasteiger partial charge in [-0.1, -0.05) is 65.8 Å². The molecule has 5 aromatic rings. The number of nitrogens with one attached hydrogen (secondary N) is 4. The molecular formula is C39H42ClN7O4S2. The minimum absolute atomic E-state index is 0.0881. The van der Waals surface area contributed by atoms with E-state index in [0.717, 1.165) is 38.7 Å². The van der Waals surface area contributed by atoms with E-state index in [1.165, 1.54) is 16.7 Å². The summed E-state index contributed by atoms with van der Waals surface area (Å²) in [5.74, 6) is -1.11. The monoisotopic (exact) mass is 771 g/mol. The lowest BCUT2D eigenvalue weighted by Gasteiger charge is -2.31. The topological polar surface area (TPSA) is 165 Å². The molecule has 7 N–H and O–H groups in total. The first-order valence-electron chi connectivity index (χ1n) is 17.4. The Morgan fingerprint density at radius 3 is 2.58 bits per heavy atom. The third-order valence-corrected chi connectivity index (χ3v) is 11.6. The van der Waals surface area contributed by atoms with Gasteiger partial charge >= 0.3 is 0 Å². The Balaban J connectivity index is 1.46. The van der Waals surface area contributed by atoms with E-state index >= 15 is 0 Å². The second kappa shape index (κ2) is 17.6. The predicted molar refractivity (Wildman–Crippen MR) is 211 cm³/mol. The molecule has 0 aliphatic carbocycles. The Bertz CT molecular complexity index is 2090. The highest BCUT2D eigenvalue weighted by Crippen LogP contribution is 2.41. The van der Waals surface area contributed by atoms with Crippen LogP contribution in [0.2, 0.25) is 5.02 Å². The van der Waals surface area contributed by atoms with Crippen molar-refractivity contribution in [1.82, 2.24) is 30.8 Å². The molecule has 1 aliphatic heterocycles. The first-order valence-corrected chi connectivity index (χ1v) is 19.3. The highest BCUT2D eigenvalue weighted by molar-refractivity contribution is 7.99. The maximum absolute atomic E-state index is 14.5. The van der Waals surface area contributed by atoms with E-state index < -0.39 is 18.1 Å². The second-order valence-electron chi connectivity index (χ2n) is 12.9. The quantitative estimate of drug-likeness (QED) is 0.109. The maximum Gasteiger partial charge on any atom is 0.245 e. The molecule has 2 aromatic heterocycles. The van der Waals surface area contributed by atoms with Crippen LogP contribution in [0.5, 0.6) is 0 Å². The van der Waals surface area contributed by atoms with Crippen LogP contribution >= 0.6 is 35.4 Å². The second-order valence-corrected chi connectivity index (χ2v) is 15.0. The number of hydrogen-bond donors (Lipinski definition) is 6. The first-order chi connectivity index (χ1) is 25.7. The van der Waals surface area contributed by atoms with Gasteiger partial charge in [-0.15, -0.1) is 0 Å². The van der Waals surface area contributed by atoms with Gasteiger partial charge in [0, 0.05) is 71.7 Å². The molecule has 1 aliphatic rings. The number of rotatable bonds is 7. The molecule has 0 spiro atoms. The summed E-state index contributed by atoms with van der Waals surface area (Å²) in [6, 6.07) is 20.3. The van der Waals surface area contributed by atoms with Crippen LogP contribution < -0.4 is 21.7 Å². The highest BCUT2D eigenvalue weighted by Gasteiger charge is 2.34. The number of nitrogens with zero attached hydrogens (tertiary/aromatic N) is 2. The van der Waals surface area contributed by atoms with Gasteiger partial charge in [-0.3, -0.25) is 14.4 Å². The minimum Gasteiger partial charge on any atom is -0.361 e. The van der Waals surface area contributed by atoms with Gasteiger partial charge in [-0.25, -0.2) is 4.98 Å². The molecule has 14 heteroatoms. The number of halogens is 1. The van der Waals surface area contributed by atoms with Gasteiger partial charge in [0.05, 0.1) is 11.1 Å². The molecule has 3 heterocycles. The SMILES string of the molecule is C[C@@H]1NCc2cccnc2Sc2c(Cl)ccc(-c3ccc(SO)cc3)c2CNC(=O)[C@H](Cc2c[nH]c3ccccc23)N(C)C(=O)[C@H](CCCN)NC1=O. The van der Waals surface area contributed by atoms with Crippen LogP contribution in [0.3, 0.4) is 0 Å². The lowest BCUT2D eigenvalue weighted by atomic mass is 9.98. The third-order valence-electron chi connectivity index (χ3n) is 9.48. The molecule has 6 rings (SSSR count). The minimum atomic E-state index is -0.938. The van der Waals surface area contributed by atoms with Gasteiger partial charge in [-0.2, -0.15) is 0 Å². The molecule has 11 nitrogen and oxygen atoms in total. The molecule has 0 saturated carbocycles. The summed E-state index contributed by atoms with van der Waals surface area (Å²) in [6.07, 6.45) is 4.59. The number of carbonyl (C=O) groups excluding carboxylic acids is 3. The molecule has 3 aromatic carbocycles. The summed E-state index contributed by atoms with van der Waals surface area (Å²) in [5, 5.41) is 11.5. The smallest absolute Gasteiger partial charge is 0.245 e. The van der Waals surface area contributed by atoms with Crippen LogP contribution in [0, 0.1) is 0 Å². The third kappa shape index (κ3) is 8.89. The summed E-state index contributed by atoms with van der Waals surface area (Å²) in [7, 11) is 1.61. The fraction of sp³-hybridized carbons (Fsp3) is 0.282. The molecule has 276 valence electrons. The summed E-state index contributed by atoms with van der Waals surface area (Å²) < 4.78 is 9.61. The number of likely N-dealkylation sites (N-methyl/N-ethyl adjacent to an activating group) is 1. The van der Waals surface area contributed by atoms with Crippen molar-refractivity contribution >= 4 is 64.0 Å². The normalized spacial score (nSPS) is 18.9. The fourth-order valence-corrected chi connectivity index (χ4v) is 8.04. The number of fused-ring (bicyclic) bond motifs is 3. The zero-order valence-electron chi connectivity index (χ0n) is 29.4. The van der Waals surface area contributed by atoms with Crippen LogP contribution in [0.25, 0.3) is 22.0 Å². The number of aromatic nitrogens is 2. The van der Waals surface area contributed by atoms with Crippen LogP contribution in [-0.4, -0.2) is 68.9 Å². The Morgan fingerprint density at radius 1 is 1.02 bits per heavy atom. The predicted octanol–water partition coefficient (Wildman–Crippen LogP) is 6.00. The number of pyridine rings is 1. The largest absolute Gasteiger partial charge is 0.361 e. The Hall–Kier alpha value is -4.37. The summed E-state index contributed by atoms with van der Waals surface area (Å²) in [4.78, 5) is 53.2. The van der Waals surface area contributed by atoms with Crippen LogP contribution in [0.1, 0.15) is 36.5 Å². The number of amides is 3. The van der Waals surface area contributed by atoms with E-state index in [9.17, 15) is 18.9 Å². The molecule has 3 amide bonds.